The first-order valence-corrected chi connectivity index (χ1v) is 8.66. The van der Waals surface area contributed by atoms with Crippen molar-refractivity contribution in [3.05, 3.63) is 28.2 Å². The maximum absolute atomic E-state index is 11.9. The number of carbonyl (C=O) groups is 2. The Labute approximate surface area is 140 Å². The van der Waals surface area contributed by atoms with Crippen molar-refractivity contribution < 1.29 is 9.59 Å². The first kappa shape index (κ1) is 17.0. The highest BCUT2D eigenvalue weighted by Crippen LogP contribution is 2.26. The smallest absolute Gasteiger partial charge is 0.243 e. The first-order chi connectivity index (χ1) is 10.5. The molecule has 0 aliphatic heterocycles. The molecule has 0 aromatic heterocycles. The second-order valence-corrected chi connectivity index (χ2v) is 6.91. The van der Waals surface area contributed by atoms with Gasteiger partial charge in [0.2, 0.25) is 11.8 Å². The molecular weight excluding hydrogens is 344 g/mol. The summed E-state index contributed by atoms with van der Waals surface area (Å²) < 4.78 is 0.976. The molecule has 0 atom stereocenters. The molecule has 1 aromatic rings. The van der Waals surface area contributed by atoms with Gasteiger partial charge in [0.25, 0.3) is 0 Å². The number of rotatable bonds is 5. The van der Waals surface area contributed by atoms with Gasteiger partial charge >= 0.3 is 0 Å². The topological polar surface area (TPSA) is 58.2 Å². The maximum Gasteiger partial charge on any atom is 0.243 e. The Morgan fingerprint density at radius 3 is 2.59 bits per heavy atom. The molecule has 1 fully saturated rings. The zero-order valence-corrected chi connectivity index (χ0v) is 14.5. The van der Waals surface area contributed by atoms with E-state index in [0.29, 0.717) is 12.3 Å². The van der Waals surface area contributed by atoms with E-state index >= 15 is 0 Å². The average molecular weight is 367 g/mol. The molecule has 5 heteroatoms. The summed E-state index contributed by atoms with van der Waals surface area (Å²) in [6.45, 7) is 1.96. The Hall–Kier alpha value is -1.36. The fourth-order valence-electron chi connectivity index (χ4n) is 2.87. The summed E-state index contributed by atoms with van der Waals surface area (Å²) >= 11 is 3.39. The molecule has 0 unspecified atom stereocenters. The molecule has 0 saturated heterocycles. The van der Waals surface area contributed by atoms with Crippen molar-refractivity contribution in [1.82, 2.24) is 5.32 Å². The SMILES string of the molecule is Cc1cc(Br)ccc1NC(=O)CNC(=O)CC1CCCCC1. The summed E-state index contributed by atoms with van der Waals surface area (Å²) in [7, 11) is 0. The monoisotopic (exact) mass is 366 g/mol. The number of amides is 2. The fourth-order valence-corrected chi connectivity index (χ4v) is 3.34. The van der Waals surface area contributed by atoms with Gasteiger partial charge in [0.1, 0.15) is 0 Å². The van der Waals surface area contributed by atoms with Crippen molar-refractivity contribution in [2.45, 2.75) is 45.4 Å². The molecule has 120 valence electrons. The zero-order chi connectivity index (χ0) is 15.9. The molecule has 0 radical (unpaired) electrons. The van der Waals surface area contributed by atoms with Gasteiger partial charge in [0, 0.05) is 16.6 Å². The van der Waals surface area contributed by atoms with Gasteiger partial charge < -0.3 is 10.6 Å². The molecule has 0 heterocycles. The van der Waals surface area contributed by atoms with Crippen LogP contribution in [0.2, 0.25) is 0 Å². The standard InChI is InChI=1S/C17H23BrN2O2/c1-12-9-14(18)7-8-15(12)20-17(22)11-19-16(21)10-13-5-3-2-4-6-13/h7-9,13H,2-6,10-11H2,1H3,(H,19,21)(H,20,22). The summed E-state index contributed by atoms with van der Waals surface area (Å²) in [6.07, 6.45) is 6.55. The van der Waals surface area contributed by atoms with Crippen LogP contribution in [0.25, 0.3) is 0 Å². The van der Waals surface area contributed by atoms with Crippen LogP contribution in [0.3, 0.4) is 0 Å². The lowest BCUT2D eigenvalue weighted by Gasteiger charge is -2.20. The number of hydrogen-bond donors (Lipinski definition) is 2. The van der Waals surface area contributed by atoms with E-state index in [4.69, 9.17) is 0 Å². The third-order valence-corrected chi connectivity index (χ3v) is 4.60. The van der Waals surface area contributed by atoms with E-state index < -0.39 is 0 Å². The number of carbonyl (C=O) groups excluding carboxylic acids is 2. The van der Waals surface area contributed by atoms with Gasteiger partial charge in [0.05, 0.1) is 6.54 Å². The van der Waals surface area contributed by atoms with E-state index in [1.54, 1.807) is 0 Å². The van der Waals surface area contributed by atoms with E-state index in [1.807, 2.05) is 25.1 Å². The van der Waals surface area contributed by atoms with Crippen LogP contribution in [0.1, 0.15) is 44.1 Å². The lowest BCUT2D eigenvalue weighted by atomic mass is 9.87. The number of benzene rings is 1. The lowest BCUT2D eigenvalue weighted by molar-refractivity contribution is -0.125. The number of halogens is 1. The van der Waals surface area contributed by atoms with Crippen LogP contribution < -0.4 is 10.6 Å². The molecular formula is C17H23BrN2O2. The summed E-state index contributed by atoms with van der Waals surface area (Å²) in [5.41, 5.74) is 1.76. The lowest BCUT2D eigenvalue weighted by Crippen LogP contribution is -2.34. The number of nitrogens with one attached hydrogen (secondary N) is 2. The number of hydrogen-bond acceptors (Lipinski definition) is 2. The van der Waals surface area contributed by atoms with E-state index in [2.05, 4.69) is 26.6 Å². The molecule has 0 spiro atoms. The average Bonchev–Trinajstić information content (AvgIpc) is 2.49. The zero-order valence-electron chi connectivity index (χ0n) is 13.0. The molecule has 2 N–H and O–H groups in total. The second-order valence-electron chi connectivity index (χ2n) is 5.99. The van der Waals surface area contributed by atoms with E-state index in [-0.39, 0.29) is 18.4 Å². The second kappa shape index (κ2) is 8.32. The molecule has 22 heavy (non-hydrogen) atoms. The van der Waals surface area contributed by atoms with Gasteiger partial charge in [-0.15, -0.1) is 0 Å². The first-order valence-electron chi connectivity index (χ1n) is 7.87. The normalized spacial score (nSPS) is 15.4. The Balaban J connectivity index is 1.73. The van der Waals surface area contributed by atoms with Gasteiger partial charge in [-0.05, 0) is 49.4 Å². The van der Waals surface area contributed by atoms with Crippen molar-refractivity contribution in [3.63, 3.8) is 0 Å². The van der Waals surface area contributed by atoms with Crippen LogP contribution >= 0.6 is 15.9 Å². The Morgan fingerprint density at radius 1 is 1.18 bits per heavy atom. The molecule has 0 bridgehead atoms. The molecule has 1 aliphatic rings. The molecule has 4 nitrogen and oxygen atoms in total. The van der Waals surface area contributed by atoms with Crippen LogP contribution in [0, 0.1) is 12.8 Å². The fraction of sp³-hybridized carbons (Fsp3) is 0.529. The molecule has 2 amide bonds. The predicted octanol–water partition coefficient (Wildman–Crippen LogP) is 3.78. The highest BCUT2D eigenvalue weighted by Gasteiger charge is 2.17. The van der Waals surface area contributed by atoms with Gasteiger partial charge in [-0.2, -0.15) is 0 Å². The molecule has 1 aromatic carbocycles. The van der Waals surface area contributed by atoms with E-state index in [0.717, 1.165) is 28.6 Å². The van der Waals surface area contributed by atoms with Crippen molar-refractivity contribution >= 4 is 33.4 Å². The Kier molecular flexibility index (Phi) is 6.43. The third kappa shape index (κ3) is 5.44. The minimum Gasteiger partial charge on any atom is -0.347 e. The van der Waals surface area contributed by atoms with Crippen molar-refractivity contribution in [1.29, 1.82) is 0 Å². The van der Waals surface area contributed by atoms with Gasteiger partial charge in [-0.25, -0.2) is 0 Å². The van der Waals surface area contributed by atoms with Crippen LogP contribution in [0.4, 0.5) is 5.69 Å². The van der Waals surface area contributed by atoms with Crippen molar-refractivity contribution in [3.8, 4) is 0 Å². The minimum atomic E-state index is -0.192. The molecule has 1 aliphatic carbocycles. The Morgan fingerprint density at radius 2 is 1.91 bits per heavy atom. The van der Waals surface area contributed by atoms with E-state index in [9.17, 15) is 9.59 Å². The summed E-state index contributed by atoms with van der Waals surface area (Å²) in [6, 6.07) is 5.67. The summed E-state index contributed by atoms with van der Waals surface area (Å²) in [5.74, 6) is 0.280. The van der Waals surface area contributed by atoms with Gasteiger partial charge in [-0.1, -0.05) is 35.2 Å². The number of anilines is 1. The predicted molar refractivity (Wildman–Crippen MR) is 91.7 cm³/mol. The van der Waals surface area contributed by atoms with Crippen LogP contribution in [-0.4, -0.2) is 18.4 Å². The van der Waals surface area contributed by atoms with E-state index in [1.165, 1.54) is 19.3 Å². The highest BCUT2D eigenvalue weighted by molar-refractivity contribution is 9.10. The van der Waals surface area contributed by atoms with Crippen LogP contribution in [-0.2, 0) is 9.59 Å². The van der Waals surface area contributed by atoms with Gasteiger partial charge in [0.15, 0.2) is 0 Å². The summed E-state index contributed by atoms with van der Waals surface area (Å²) in [5, 5.41) is 5.54. The number of aryl methyl sites for hydroxylation is 1. The highest BCUT2D eigenvalue weighted by atomic mass is 79.9. The van der Waals surface area contributed by atoms with Crippen LogP contribution in [0.15, 0.2) is 22.7 Å². The van der Waals surface area contributed by atoms with Gasteiger partial charge in [-0.3, -0.25) is 9.59 Å². The van der Waals surface area contributed by atoms with Crippen molar-refractivity contribution in [2.24, 2.45) is 5.92 Å². The maximum atomic E-state index is 11.9. The molecule has 2 rings (SSSR count). The minimum absolute atomic E-state index is 0.0189. The third-order valence-electron chi connectivity index (χ3n) is 4.11. The quantitative estimate of drug-likeness (QED) is 0.832. The Bertz CT molecular complexity index is 539. The summed E-state index contributed by atoms with van der Waals surface area (Å²) in [4.78, 5) is 23.8. The molecule has 1 saturated carbocycles. The van der Waals surface area contributed by atoms with Crippen LogP contribution in [0.5, 0.6) is 0 Å². The largest absolute Gasteiger partial charge is 0.347 e. The van der Waals surface area contributed by atoms with Crippen molar-refractivity contribution in [2.75, 3.05) is 11.9 Å².